The molecule has 0 radical (unpaired) electrons. The molecule has 4 rings (SSSR count). The first-order valence-electron chi connectivity index (χ1n) is 10.2. The van der Waals surface area contributed by atoms with E-state index in [2.05, 4.69) is 34.7 Å². The van der Waals surface area contributed by atoms with Crippen molar-refractivity contribution in [2.24, 2.45) is 0 Å². The topological polar surface area (TPSA) is 71.1 Å². The molecule has 2 aromatic carbocycles. The Balaban J connectivity index is 1.54. The van der Waals surface area contributed by atoms with Crippen LogP contribution in [0.3, 0.4) is 0 Å². The quantitative estimate of drug-likeness (QED) is 0.596. The monoisotopic (exact) mass is 419 g/mol. The van der Waals surface area contributed by atoms with E-state index >= 15 is 0 Å². The van der Waals surface area contributed by atoms with Crippen molar-refractivity contribution in [3.8, 4) is 0 Å². The molecule has 0 spiro atoms. The molecule has 2 N–H and O–H groups in total. The van der Waals surface area contributed by atoms with E-state index in [4.69, 9.17) is 0 Å². The third-order valence-corrected chi connectivity index (χ3v) is 6.50. The minimum Gasteiger partial charge on any atom is -0.325 e. The Labute approximate surface area is 180 Å². The highest BCUT2D eigenvalue weighted by molar-refractivity contribution is 7.16. The SMILES string of the molecule is Cc1cc(C)c(NC(=O)C2CCCc3sc(NC(=O)c4ccccc4)nc32)c(C)c1. The molecule has 3 aromatic rings. The summed E-state index contributed by atoms with van der Waals surface area (Å²) in [7, 11) is 0. The van der Waals surface area contributed by atoms with E-state index < -0.39 is 0 Å². The Bertz CT molecular complexity index is 1080. The Morgan fingerprint density at radius 3 is 2.43 bits per heavy atom. The maximum atomic E-state index is 13.1. The van der Waals surface area contributed by atoms with Gasteiger partial charge in [-0.2, -0.15) is 0 Å². The van der Waals surface area contributed by atoms with E-state index in [0.29, 0.717) is 10.7 Å². The first-order chi connectivity index (χ1) is 14.4. The summed E-state index contributed by atoms with van der Waals surface area (Å²) in [5.41, 5.74) is 5.57. The van der Waals surface area contributed by atoms with Gasteiger partial charge >= 0.3 is 0 Å². The third-order valence-electron chi connectivity index (χ3n) is 5.45. The van der Waals surface area contributed by atoms with Crippen molar-refractivity contribution in [2.75, 3.05) is 10.6 Å². The summed E-state index contributed by atoms with van der Waals surface area (Å²) in [6, 6.07) is 13.2. The fourth-order valence-corrected chi connectivity index (χ4v) is 5.13. The molecule has 1 atom stereocenters. The van der Waals surface area contributed by atoms with Crippen molar-refractivity contribution < 1.29 is 9.59 Å². The molecule has 1 heterocycles. The molecule has 154 valence electrons. The third kappa shape index (κ3) is 4.14. The van der Waals surface area contributed by atoms with Crippen LogP contribution in [0.4, 0.5) is 10.8 Å². The molecule has 1 aromatic heterocycles. The molecule has 2 amide bonds. The second kappa shape index (κ2) is 8.40. The van der Waals surface area contributed by atoms with Crippen molar-refractivity contribution in [1.82, 2.24) is 4.98 Å². The summed E-state index contributed by atoms with van der Waals surface area (Å²) in [5.74, 6) is -0.515. The summed E-state index contributed by atoms with van der Waals surface area (Å²) in [6.07, 6.45) is 2.59. The van der Waals surface area contributed by atoms with Gasteiger partial charge in [0.25, 0.3) is 5.91 Å². The standard InChI is InChI=1S/C24H25N3O2S/c1-14-12-15(2)20(16(3)13-14)25-23(29)18-10-7-11-19-21(18)26-24(30-19)27-22(28)17-8-5-4-6-9-17/h4-6,8-9,12-13,18H,7,10-11H2,1-3H3,(H,25,29)(H,26,27,28). The number of hydrogen-bond donors (Lipinski definition) is 2. The summed E-state index contributed by atoms with van der Waals surface area (Å²) in [5, 5.41) is 6.57. The zero-order valence-electron chi connectivity index (χ0n) is 17.4. The lowest BCUT2D eigenvalue weighted by molar-refractivity contribution is -0.118. The van der Waals surface area contributed by atoms with Crippen molar-refractivity contribution >= 4 is 34.0 Å². The number of hydrogen-bond acceptors (Lipinski definition) is 4. The lowest BCUT2D eigenvalue weighted by Gasteiger charge is -2.22. The van der Waals surface area contributed by atoms with Crippen LogP contribution in [0.5, 0.6) is 0 Å². The number of carbonyl (C=O) groups excluding carboxylic acids is 2. The van der Waals surface area contributed by atoms with Crippen LogP contribution in [0.25, 0.3) is 0 Å². The molecule has 1 unspecified atom stereocenters. The summed E-state index contributed by atoms with van der Waals surface area (Å²) >= 11 is 1.47. The molecule has 6 heteroatoms. The molecular weight excluding hydrogens is 394 g/mol. The van der Waals surface area contributed by atoms with Gasteiger partial charge in [0.2, 0.25) is 5.91 Å². The fourth-order valence-electron chi connectivity index (χ4n) is 4.07. The first-order valence-corrected chi connectivity index (χ1v) is 11.0. The highest BCUT2D eigenvalue weighted by Gasteiger charge is 2.31. The number of aromatic nitrogens is 1. The van der Waals surface area contributed by atoms with E-state index in [-0.39, 0.29) is 17.7 Å². The molecule has 0 bridgehead atoms. The predicted molar refractivity (Wildman–Crippen MR) is 121 cm³/mol. The second-order valence-electron chi connectivity index (χ2n) is 7.86. The van der Waals surface area contributed by atoms with E-state index in [0.717, 1.165) is 46.6 Å². The summed E-state index contributed by atoms with van der Waals surface area (Å²) in [6.45, 7) is 6.09. The Kier molecular flexibility index (Phi) is 5.68. The van der Waals surface area contributed by atoms with E-state index in [1.807, 2.05) is 32.0 Å². The van der Waals surface area contributed by atoms with Gasteiger partial charge in [0.05, 0.1) is 11.6 Å². The highest BCUT2D eigenvalue weighted by Crippen LogP contribution is 2.38. The molecular formula is C24H25N3O2S. The van der Waals surface area contributed by atoms with E-state index in [1.165, 1.54) is 16.9 Å². The Hall–Kier alpha value is -2.99. The zero-order valence-corrected chi connectivity index (χ0v) is 18.2. The molecule has 0 aliphatic heterocycles. The average molecular weight is 420 g/mol. The van der Waals surface area contributed by atoms with Crippen LogP contribution < -0.4 is 10.6 Å². The van der Waals surface area contributed by atoms with Crippen molar-refractivity contribution in [2.45, 2.75) is 46.0 Å². The van der Waals surface area contributed by atoms with Crippen LogP contribution in [-0.2, 0) is 11.2 Å². The van der Waals surface area contributed by atoms with Crippen molar-refractivity contribution in [3.63, 3.8) is 0 Å². The lowest BCUT2D eigenvalue weighted by Crippen LogP contribution is -2.25. The van der Waals surface area contributed by atoms with Gasteiger partial charge in [0.1, 0.15) is 0 Å². The van der Waals surface area contributed by atoms with E-state index in [1.54, 1.807) is 12.1 Å². The van der Waals surface area contributed by atoms with Crippen LogP contribution in [-0.4, -0.2) is 16.8 Å². The van der Waals surface area contributed by atoms with Crippen LogP contribution in [0.15, 0.2) is 42.5 Å². The van der Waals surface area contributed by atoms with Crippen LogP contribution in [0.1, 0.15) is 56.4 Å². The number of fused-ring (bicyclic) bond motifs is 1. The van der Waals surface area contributed by atoms with Gasteiger partial charge in [0, 0.05) is 16.1 Å². The number of aryl methyl sites for hydroxylation is 4. The van der Waals surface area contributed by atoms with Gasteiger partial charge < -0.3 is 5.32 Å². The number of thiazole rings is 1. The summed E-state index contributed by atoms with van der Waals surface area (Å²) in [4.78, 5) is 31.3. The van der Waals surface area contributed by atoms with Crippen molar-refractivity contribution in [3.05, 3.63) is 75.3 Å². The molecule has 0 fully saturated rings. The van der Waals surface area contributed by atoms with Gasteiger partial charge in [-0.15, -0.1) is 11.3 Å². The normalized spacial score (nSPS) is 15.4. The number of nitrogens with zero attached hydrogens (tertiary/aromatic N) is 1. The van der Waals surface area contributed by atoms with Gasteiger partial charge in [-0.1, -0.05) is 35.9 Å². The molecule has 0 saturated carbocycles. The Morgan fingerprint density at radius 2 is 1.73 bits per heavy atom. The van der Waals surface area contributed by atoms with Crippen LogP contribution in [0, 0.1) is 20.8 Å². The lowest BCUT2D eigenvalue weighted by atomic mass is 9.90. The van der Waals surface area contributed by atoms with Gasteiger partial charge in [-0.3, -0.25) is 14.9 Å². The van der Waals surface area contributed by atoms with Crippen LogP contribution in [0.2, 0.25) is 0 Å². The Morgan fingerprint density at radius 1 is 1.03 bits per heavy atom. The van der Waals surface area contributed by atoms with Crippen molar-refractivity contribution in [1.29, 1.82) is 0 Å². The highest BCUT2D eigenvalue weighted by atomic mass is 32.1. The van der Waals surface area contributed by atoms with Gasteiger partial charge in [-0.05, 0) is 63.3 Å². The second-order valence-corrected chi connectivity index (χ2v) is 8.94. The molecule has 5 nitrogen and oxygen atoms in total. The van der Waals surface area contributed by atoms with Gasteiger partial charge in [0.15, 0.2) is 5.13 Å². The predicted octanol–water partition coefficient (Wildman–Crippen LogP) is 5.38. The number of nitrogens with one attached hydrogen (secondary N) is 2. The smallest absolute Gasteiger partial charge is 0.257 e. The number of carbonyl (C=O) groups is 2. The minimum atomic E-state index is -0.299. The largest absolute Gasteiger partial charge is 0.325 e. The van der Waals surface area contributed by atoms with Gasteiger partial charge in [-0.25, -0.2) is 4.98 Å². The minimum absolute atomic E-state index is 0.0303. The van der Waals surface area contributed by atoms with E-state index in [9.17, 15) is 9.59 Å². The number of rotatable bonds is 4. The average Bonchev–Trinajstić information content (AvgIpc) is 3.13. The first kappa shape index (κ1) is 20.3. The fraction of sp³-hybridized carbons (Fsp3) is 0.292. The molecule has 1 aliphatic carbocycles. The molecule has 1 aliphatic rings. The maximum absolute atomic E-state index is 13.1. The number of amides is 2. The summed E-state index contributed by atoms with van der Waals surface area (Å²) < 4.78 is 0. The molecule has 0 saturated heterocycles. The molecule has 30 heavy (non-hydrogen) atoms. The zero-order chi connectivity index (χ0) is 21.3. The van der Waals surface area contributed by atoms with Crippen LogP contribution >= 0.6 is 11.3 Å². The number of benzene rings is 2. The number of anilines is 2. The maximum Gasteiger partial charge on any atom is 0.257 e.